The van der Waals surface area contributed by atoms with Crippen LogP contribution in [0.3, 0.4) is 0 Å². The molecular weight excluding hydrogens is 220 g/mol. The van der Waals surface area contributed by atoms with Crippen molar-refractivity contribution in [1.82, 2.24) is 0 Å². The Kier molecular flexibility index (Phi) is 478. The van der Waals surface area contributed by atoms with E-state index in [0.29, 0.717) is 0 Å². The van der Waals surface area contributed by atoms with Crippen LogP contribution in [0.15, 0.2) is 0 Å². The molecule has 44 valence electrons. The van der Waals surface area contributed by atoms with Crippen LogP contribution in [0.5, 0.6) is 0 Å². The molecule has 0 saturated heterocycles. The van der Waals surface area contributed by atoms with E-state index in [1.165, 1.54) is 0 Å². The van der Waals surface area contributed by atoms with Crippen molar-refractivity contribution in [2.75, 3.05) is 0 Å². The van der Waals surface area contributed by atoms with Gasteiger partial charge in [-0.15, -0.1) is 12.4 Å². The number of halogens is 4. The molecule has 0 aromatic rings. The summed E-state index contributed by atoms with van der Waals surface area (Å²) in [6.07, 6.45) is 0. The third-order valence-corrected chi connectivity index (χ3v) is 0. The van der Waals surface area contributed by atoms with Gasteiger partial charge in [-0.3, -0.25) is 4.66 Å². The predicted octanol–water partition coefficient (Wildman–Crippen LogP) is -8.93. The van der Waals surface area contributed by atoms with Gasteiger partial charge in [-0.05, 0) is 0 Å². The molecule has 0 aromatic carbocycles. The molecule has 0 atom stereocenters. The van der Waals surface area contributed by atoms with Crippen LogP contribution in [0.1, 0.15) is 0 Å². The van der Waals surface area contributed by atoms with Crippen molar-refractivity contribution in [3.8, 4) is 0 Å². The Morgan fingerprint density at radius 1 is 1.00 bits per heavy atom. The molecule has 0 fully saturated rings. The molecule has 0 spiro atoms. The molecule has 0 aliphatic carbocycles. The standard InChI is InChI=1S/ClHO.ClO.2ClH.2Na/c2*1-2;;;;/h2H;;2*1H;;/q;-1;;;2*+1/p-1. The Balaban J connectivity index is -0.00000000167. The van der Waals surface area contributed by atoms with Crippen LogP contribution in [-0.2, 0) is 0 Å². The summed E-state index contributed by atoms with van der Waals surface area (Å²) in [6, 6.07) is 0. The van der Waals surface area contributed by atoms with Crippen LogP contribution in [-0.4, -0.2) is 4.66 Å². The zero-order valence-electron chi connectivity index (χ0n) is 4.40. The third-order valence-electron chi connectivity index (χ3n) is 0. The molecule has 2 nitrogen and oxygen atoms in total. The third kappa shape index (κ3) is 62.5. The molecule has 0 amide bonds. The first-order chi connectivity index (χ1) is 2.00. The van der Waals surface area contributed by atoms with Crippen molar-refractivity contribution in [3.63, 3.8) is 0 Å². The largest absolute Gasteiger partial charge is 1.00 e. The molecule has 0 unspecified atom stereocenters. The number of hydrogen-bond acceptors (Lipinski definition) is 2. The van der Waals surface area contributed by atoms with Crippen LogP contribution in [0, 0.1) is 0 Å². The van der Waals surface area contributed by atoms with Gasteiger partial charge in [-0.25, -0.2) is 11.9 Å². The van der Waals surface area contributed by atoms with Crippen LogP contribution >= 0.6 is 36.1 Å². The van der Waals surface area contributed by atoms with Crippen molar-refractivity contribution >= 4 is 36.1 Å². The minimum Gasteiger partial charge on any atom is -1.00 e. The predicted molar refractivity (Wildman–Crippen MR) is 21.2 cm³/mol. The van der Waals surface area contributed by atoms with Crippen molar-refractivity contribution < 1.29 is 80.8 Å². The second-order valence-electron chi connectivity index (χ2n) is 0. The fourth-order valence-corrected chi connectivity index (χ4v) is 0. The smallest absolute Gasteiger partial charge is 1.00 e. The molecule has 0 radical (unpaired) electrons. The van der Waals surface area contributed by atoms with E-state index in [2.05, 4.69) is 23.7 Å². The summed E-state index contributed by atoms with van der Waals surface area (Å²) in [5, 5.41) is 0. The van der Waals surface area contributed by atoms with Crippen LogP contribution in [0.2, 0.25) is 0 Å². The first-order valence-corrected chi connectivity index (χ1v) is 0.970. The quantitative estimate of drug-likeness (QED) is 0.413. The van der Waals surface area contributed by atoms with Crippen LogP contribution < -0.4 is 76.2 Å². The van der Waals surface area contributed by atoms with Gasteiger partial charge in [0, 0.05) is 0 Å². The van der Waals surface area contributed by atoms with E-state index < -0.39 is 0 Å². The minimum absolute atomic E-state index is 0. The Labute approximate surface area is 115 Å². The van der Waals surface area contributed by atoms with Gasteiger partial charge in [-0.2, -0.15) is 0 Å². The zero-order chi connectivity index (χ0) is 4.00. The van der Waals surface area contributed by atoms with Gasteiger partial charge < -0.3 is 17.1 Å². The van der Waals surface area contributed by atoms with E-state index in [1.54, 1.807) is 0 Å². The monoisotopic (exact) mass is 220 g/mol. The Hall–Kier alpha value is 3.08. The average Bonchev–Trinajstić information content (AvgIpc) is 1.50. The van der Waals surface area contributed by atoms with Crippen molar-refractivity contribution in [2.24, 2.45) is 0 Å². The number of hydrogen-bond donors (Lipinski definition) is 1. The molecule has 1 N–H and O–H groups in total. The van der Waals surface area contributed by atoms with Gasteiger partial charge in [0.05, 0.1) is 11.9 Å². The minimum atomic E-state index is 0. The van der Waals surface area contributed by atoms with Gasteiger partial charge in [0.2, 0.25) is 0 Å². The fraction of sp³-hybridized carbons (Fsp3) is 0. The van der Waals surface area contributed by atoms with E-state index in [9.17, 15) is 0 Å². The summed E-state index contributed by atoms with van der Waals surface area (Å²) in [5.74, 6) is 0. The molecule has 0 bridgehead atoms. The fourth-order valence-electron chi connectivity index (χ4n) is 0. The van der Waals surface area contributed by atoms with Gasteiger partial charge in [0.25, 0.3) is 0 Å². The van der Waals surface area contributed by atoms with E-state index in [-0.39, 0.29) is 83.9 Å². The Morgan fingerprint density at radius 3 is 1.00 bits per heavy atom. The van der Waals surface area contributed by atoms with Crippen LogP contribution in [0.25, 0.3) is 0 Å². The summed E-state index contributed by atoms with van der Waals surface area (Å²) >= 11 is 7.03. The summed E-state index contributed by atoms with van der Waals surface area (Å²) in [5.41, 5.74) is 0. The van der Waals surface area contributed by atoms with Gasteiger partial charge in [0.15, 0.2) is 0 Å². The van der Waals surface area contributed by atoms with Crippen molar-refractivity contribution in [1.29, 1.82) is 0 Å². The molecule has 0 aromatic heterocycles. The summed E-state index contributed by atoms with van der Waals surface area (Å²) in [7, 11) is 0. The Bertz CT molecular complexity index is 12.0. The average molecular weight is 222 g/mol. The van der Waals surface area contributed by atoms with Crippen LogP contribution in [0.4, 0.5) is 0 Å². The molecule has 8 heavy (non-hydrogen) atoms. The zero-order valence-corrected chi connectivity index (χ0v) is 11.5. The van der Waals surface area contributed by atoms with Gasteiger partial charge in [-0.1, -0.05) is 0 Å². The molecule has 0 heterocycles. The maximum Gasteiger partial charge on any atom is 1.00 e. The molecule has 0 rings (SSSR count). The normalized spacial score (nSPS) is 1.50. The maximum atomic E-state index is 7.72. The van der Waals surface area contributed by atoms with Crippen molar-refractivity contribution in [3.05, 3.63) is 0 Å². The molecule has 0 aliphatic rings. The maximum absolute atomic E-state index is 7.72. The number of rotatable bonds is 0. The molecule has 8 heteroatoms. The van der Waals surface area contributed by atoms with E-state index >= 15 is 0 Å². The van der Waals surface area contributed by atoms with E-state index in [1.807, 2.05) is 0 Å². The van der Waals surface area contributed by atoms with E-state index in [4.69, 9.17) is 9.32 Å². The second kappa shape index (κ2) is 87.6. The molecule has 0 saturated carbocycles. The Morgan fingerprint density at radius 2 is 1.00 bits per heavy atom. The molecule has 0 aliphatic heterocycles. The first-order valence-electron chi connectivity index (χ1n) is 0.323. The van der Waals surface area contributed by atoms with Crippen molar-refractivity contribution in [2.45, 2.75) is 0 Å². The summed E-state index contributed by atoms with van der Waals surface area (Å²) in [6.45, 7) is 0. The summed E-state index contributed by atoms with van der Waals surface area (Å²) in [4.78, 5) is 0. The topological polar surface area (TPSA) is 43.3 Å². The molecular formula is H2Cl4Na2O2. The summed E-state index contributed by atoms with van der Waals surface area (Å²) < 4.78 is 14.2. The SMILES string of the molecule is Cl.OCl.[Cl-].[Na+].[Na+].[O-]Cl. The second-order valence-corrected chi connectivity index (χ2v) is 0. The van der Waals surface area contributed by atoms with E-state index in [0.717, 1.165) is 0 Å². The van der Waals surface area contributed by atoms with Gasteiger partial charge >= 0.3 is 59.1 Å². The first kappa shape index (κ1) is 43.6. The van der Waals surface area contributed by atoms with Gasteiger partial charge in [0.1, 0.15) is 0 Å².